The van der Waals surface area contributed by atoms with E-state index in [1.807, 2.05) is 48.5 Å². The number of nitrogens with one attached hydrogen (secondary N) is 2. The zero-order chi connectivity index (χ0) is 16.0. The first-order chi connectivity index (χ1) is 10.5. The third-order valence-corrected chi connectivity index (χ3v) is 5.63. The van der Waals surface area contributed by atoms with Crippen LogP contribution in [-0.2, 0) is 0 Å². The molecule has 0 saturated carbocycles. The van der Waals surface area contributed by atoms with Gasteiger partial charge in [0.1, 0.15) is 14.1 Å². The van der Waals surface area contributed by atoms with Gasteiger partial charge in [-0.2, -0.15) is 0 Å². The Morgan fingerprint density at radius 1 is 0.955 bits per heavy atom. The number of hydrogen-bond donors (Lipinski definition) is 2. The Balaban J connectivity index is 2.03. The van der Waals surface area contributed by atoms with Gasteiger partial charge in [-0.05, 0) is 12.1 Å². The van der Waals surface area contributed by atoms with Crippen molar-refractivity contribution in [1.29, 1.82) is 5.41 Å². The second-order valence-corrected chi connectivity index (χ2v) is 11.2. The Hall–Kier alpha value is -2.07. The number of benzene rings is 2. The van der Waals surface area contributed by atoms with Gasteiger partial charge in [0.25, 0.3) is 0 Å². The maximum absolute atomic E-state index is 8.56. The number of anilines is 1. The van der Waals surface area contributed by atoms with E-state index in [0.717, 1.165) is 24.3 Å². The highest BCUT2D eigenvalue weighted by Gasteiger charge is 2.26. The standard InChI is InChI=1S/C18H25N3Si/c1-22(2,3)21(18(19)16-10-6-4-7-11-16)15-14-20-17-12-8-5-9-13-17/h4-13,19-20H,14-15H2,1-3H3. The van der Waals surface area contributed by atoms with Gasteiger partial charge >= 0.3 is 0 Å². The molecule has 0 amide bonds. The Morgan fingerprint density at radius 2 is 1.50 bits per heavy atom. The highest BCUT2D eigenvalue weighted by molar-refractivity contribution is 6.75. The quantitative estimate of drug-likeness (QED) is 0.475. The minimum atomic E-state index is -1.60. The molecule has 3 nitrogen and oxygen atoms in total. The van der Waals surface area contributed by atoms with Crippen LogP contribution in [0.25, 0.3) is 0 Å². The van der Waals surface area contributed by atoms with Gasteiger partial charge in [-0.25, -0.2) is 0 Å². The molecule has 116 valence electrons. The number of amidine groups is 1. The summed E-state index contributed by atoms with van der Waals surface area (Å²) in [5.74, 6) is 0.634. The minimum absolute atomic E-state index is 0.634. The van der Waals surface area contributed by atoms with Gasteiger partial charge in [0.2, 0.25) is 0 Å². The SMILES string of the molecule is C[Si](C)(C)N(CCNc1ccccc1)C(=N)c1ccccc1. The summed E-state index contributed by atoms with van der Waals surface area (Å²) in [5.41, 5.74) is 2.12. The van der Waals surface area contributed by atoms with E-state index in [9.17, 15) is 0 Å². The second kappa shape index (κ2) is 7.27. The Labute approximate surface area is 134 Å². The molecule has 0 unspecified atom stereocenters. The summed E-state index contributed by atoms with van der Waals surface area (Å²) >= 11 is 0. The van der Waals surface area contributed by atoms with Gasteiger partial charge in [-0.3, -0.25) is 5.41 Å². The maximum atomic E-state index is 8.56. The third kappa shape index (κ3) is 4.46. The Morgan fingerprint density at radius 3 is 2.05 bits per heavy atom. The van der Waals surface area contributed by atoms with E-state index in [-0.39, 0.29) is 0 Å². The van der Waals surface area contributed by atoms with Gasteiger partial charge in [-0.15, -0.1) is 0 Å². The molecule has 4 heteroatoms. The molecule has 0 heterocycles. The van der Waals surface area contributed by atoms with E-state index >= 15 is 0 Å². The first kappa shape index (κ1) is 16.3. The van der Waals surface area contributed by atoms with E-state index in [1.54, 1.807) is 0 Å². The van der Waals surface area contributed by atoms with Crippen molar-refractivity contribution in [3.8, 4) is 0 Å². The highest BCUT2D eigenvalue weighted by atomic mass is 28.3. The molecule has 22 heavy (non-hydrogen) atoms. The summed E-state index contributed by atoms with van der Waals surface area (Å²) in [6, 6.07) is 20.2. The van der Waals surface area contributed by atoms with Crippen molar-refractivity contribution in [2.24, 2.45) is 0 Å². The smallest absolute Gasteiger partial charge is 0.149 e. The third-order valence-electron chi connectivity index (χ3n) is 3.57. The molecule has 2 rings (SSSR count). The highest BCUT2D eigenvalue weighted by Crippen LogP contribution is 2.14. The number of para-hydroxylation sites is 1. The lowest BCUT2D eigenvalue weighted by molar-refractivity contribution is 0.625. The van der Waals surface area contributed by atoms with Gasteiger partial charge in [-0.1, -0.05) is 68.2 Å². The summed E-state index contributed by atoms with van der Waals surface area (Å²) in [6.45, 7) is 8.54. The van der Waals surface area contributed by atoms with Crippen LogP contribution in [0.15, 0.2) is 60.7 Å². The minimum Gasteiger partial charge on any atom is -0.383 e. The molecule has 0 aliphatic rings. The summed E-state index contributed by atoms with van der Waals surface area (Å²) in [6.07, 6.45) is 0. The van der Waals surface area contributed by atoms with E-state index < -0.39 is 8.24 Å². The molecule has 2 aromatic rings. The van der Waals surface area contributed by atoms with Crippen LogP contribution in [0.2, 0.25) is 19.6 Å². The molecule has 0 spiro atoms. The van der Waals surface area contributed by atoms with Crippen molar-refractivity contribution in [1.82, 2.24) is 4.57 Å². The topological polar surface area (TPSA) is 39.1 Å². The molecule has 0 aliphatic heterocycles. The predicted octanol–water partition coefficient (Wildman–Crippen LogP) is 4.26. The zero-order valence-corrected chi connectivity index (χ0v) is 14.6. The van der Waals surface area contributed by atoms with Gasteiger partial charge in [0, 0.05) is 24.3 Å². The first-order valence-corrected chi connectivity index (χ1v) is 11.1. The molecule has 0 atom stereocenters. The van der Waals surface area contributed by atoms with Crippen LogP contribution in [0.3, 0.4) is 0 Å². The monoisotopic (exact) mass is 311 g/mol. The largest absolute Gasteiger partial charge is 0.383 e. The predicted molar refractivity (Wildman–Crippen MR) is 98.3 cm³/mol. The van der Waals surface area contributed by atoms with E-state index in [2.05, 4.69) is 41.7 Å². The van der Waals surface area contributed by atoms with E-state index in [1.165, 1.54) is 0 Å². The molecular weight excluding hydrogens is 286 g/mol. The average molecular weight is 312 g/mol. The Bertz CT molecular complexity index is 591. The maximum Gasteiger partial charge on any atom is 0.149 e. The van der Waals surface area contributed by atoms with Crippen LogP contribution in [0.5, 0.6) is 0 Å². The van der Waals surface area contributed by atoms with Crippen LogP contribution in [0.4, 0.5) is 5.69 Å². The van der Waals surface area contributed by atoms with Crippen molar-refractivity contribution in [3.05, 3.63) is 66.2 Å². The van der Waals surface area contributed by atoms with Crippen LogP contribution < -0.4 is 5.32 Å². The second-order valence-electron chi connectivity index (χ2n) is 6.33. The number of hydrogen-bond acceptors (Lipinski definition) is 2. The summed E-state index contributed by atoms with van der Waals surface area (Å²) < 4.78 is 2.28. The van der Waals surface area contributed by atoms with Crippen molar-refractivity contribution in [2.45, 2.75) is 19.6 Å². The van der Waals surface area contributed by atoms with Crippen LogP contribution in [0.1, 0.15) is 5.56 Å². The first-order valence-electron chi connectivity index (χ1n) is 7.69. The number of rotatable bonds is 6. The fourth-order valence-corrected chi connectivity index (χ4v) is 3.99. The molecule has 0 aliphatic carbocycles. The normalized spacial score (nSPS) is 11.0. The van der Waals surface area contributed by atoms with Crippen LogP contribution in [-0.4, -0.2) is 31.7 Å². The average Bonchev–Trinajstić information content (AvgIpc) is 2.52. The molecule has 0 radical (unpaired) electrons. The fraction of sp³-hybridized carbons (Fsp3) is 0.278. The molecular formula is C18H25N3Si. The summed E-state index contributed by atoms with van der Waals surface area (Å²) in [4.78, 5) is 0. The fourth-order valence-electron chi connectivity index (χ4n) is 2.40. The Kier molecular flexibility index (Phi) is 5.39. The van der Waals surface area contributed by atoms with Crippen LogP contribution >= 0.6 is 0 Å². The summed E-state index contributed by atoms with van der Waals surface area (Å²) in [5, 5.41) is 12.0. The van der Waals surface area contributed by atoms with Gasteiger partial charge < -0.3 is 9.88 Å². The molecule has 0 aromatic heterocycles. The lowest BCUT2D eigenvalue weighted by atomic mass is 10.2. The molecule has 0 fully saturated rings. The van der Waals surface area contributed by atoms with Crippen molar-refractivity contribution < 1.29 is 0 Å². The van der Waals surface area contributed by atoms with Gasteiger partial charge in [0.05, 0.1) is 0 Å². The molecule has 0 saturated heterocycles. The van der Waals surface area contributed by atoms with E-state index in [0.29, 0.717) is 5.84 Å². The zero-order valence-electron chi connectivity index (χ0n) is 13.6. The van der Waals surface area contributed by atoms with Crippen molar-refractivity contribution in [2.75, 3.05) is 18.4 Å². The lowest BCUT2D eigenvalue weighted by Crippen LogP contribution is -2.51. The van der Waals surface area contributed by atoms with Crippen molar-refractivity contribution >= 4 is 19.8 Å². The molecule has 2 N–H and O–H groups in total. The lowest BCUT2D eigenvalue weighted by Gasteiger charge is -2.36. The number of nitrogens with zero attached hydrogens (tertiary/aromatic N) is 1. The molecule has 0 bridgehead atoms. The van der Waals surface area contributed by atoms with Crippen molar-refractivity contribution in [3.63, 3.8) is 0 Å². The molecule has 2 aromatic carbocycles. The van der Waals surface area contributed by atoms with Crippen LogP contribution in [0, 0.1) is 5.41 Å². The summed E-state index contributed by atoms with van der Waals surface area (Å²) in [7, 11) is -1.60. The van der Waals surface area contributed by atoms with Gasteiger partial charge in [0.15, 0.2) is 0 Å². The van der Waals surface area contributed by atoms with E-state index in [4.69, 9.17) is 5.41 Å².